The maximum Gasteiger partial charge on any atom is 0.271 e. The molecule has 0 radical (unpaired) electrons. The first-order valence-corrected chi connectivity index (χ1v) is 9.47. The number of furan rings is 1. The lowest BCUT2D eigenvalue weighted by Crippen LogP contribution is -2.26. The number of hydrogen-bond acceptors (Lipinski definition) is 4. The van der Waals surface area contributed by atoms with E-state index in [-0.39, 0.29) is 5.91 Å². The van der Waals surface area contributed by atoms with Gasteiger partial charge in [0.1, 0.15) is 5.69 Å². The van der Waals surface area contributed by atoms with E-state index in [1.807, 2.05) is 24.3 Å². The molecule has 0 spiro atoms. The lowest BCUT2D eigenvalue weighted by molar-refractivity contribution is 0.0946. The Hall–Kier alpha value is -2.57. The molecule has 0 bridgehead atoms. The minimum Gasteiger partial charge on any atom is -0.463 e. The zero-order valence-corrected chi connectivity index (χ0v) is 15.6. The van der Waals surface area contributed by atoms with Crippen molar-refractivity contribution in [2.45, 2.75) is 12.8 Å². The third-order valence-corrected chi connectivity index (χ3v) is 5.04. The smallest absolute Gasteiger partial charge is 0.271 e. The molecule has 3 aromatic rings. The van der Waals surface area contributed by atoms with Gasteiger partial charge in [0.15, 0.2) is 11.5 Å². The summed E-state index contributed by atoms with van der Waals surface area (Å²) >= 11 is 5.99. The number of amides is 1. The van der Waals surface area contributed by atoms with Gasteiger partial charge < -0.3 is 15.1 Å². The molecule has 6 nitrogen and oxygen atoms in total. The zero-order chi connectivity index (χ0) is 18.6. The summed E-state index contributed by atoms with van der Waals surface area (Å²) in [6.45, 7) is 2.75. The predicted molar refractivity (Wildman–Crippen MR) is 104 cm³/mol. The molecule has 0 aliphatic carbocycles. The Morgan fingerprint density at radius 3 is 2.89 bits per heavy atom. The largest absolute Gasteiger partial charge is 0.463 e. The summed E-state index contributed by atoms with van der Waals surface area (Å²) in [4.78, 5) is 12.6. The molecule has 1 aromatic carbocycles. The summed E-state index contributed by atoms with van der Waals surface area (Å²) in [6.07, 6.45) is 3.75. The number of halogens is 1. The number of aromatic nitrogens is 2. The van der Waals surface area contributed by atoms with E-state index in [0.29, 0.717) is 34.6 Å². The molecule has 1 amide bonds. The molecule has 1 unspecified atom stereocenters. The third kappa shape index (κ3) is 4.07. The van der Waals surface area contributed by atoms with E-state index in [1.165, 1.54) is 6.42 Å². The average molecular weight is 385 g/mol. The summed E-state index contributed by atoms with van der Waals surface area (Å²) in [6, 6.07) is 12.7. The second kappa shape index (κ2) is 7.98. The van der Waals surface area contributed by atoms with Crippen LogP contribution in [0.3, 0.4) is 0 Å². The van der Waals surface area contributed by atoms with Gasteiger partial charge in [0.2, 0.25) is 0 Å². The highest BCUT2D eigenvalue weighted by atomic mass is 35.5. The number of carbonyl (C=O) groups is 1. The lowest BCUT2D eigenvalue weighted by Gasteiger charge is -2.08. The zero-order valence-electron chi connectivity index (χ0n) is 14.8. The standard InChI is InChI=1S/C20H21ClN4O2/c21-15-3-5-16(6-4-15)25-18(19-2-1-11-27-19)12-17(24-25)20(26)23-10-8-14-7-9-22-13-14/h1-6,11-12,14,22H,7-10,13H2,(H,23,26). The van der Waals surface area contributed by atoms with Crippen molar-refractivity contribution in [1.29, 1.82) is 0 Å². The van der Waals surface area contributed by atoms with Crippen LogP contribution in [0.25, 0.3) is 17.1 Å². The first-order chi connectivity index (χ1) is 13.2. The Balaban J connectivity index is 1.55. The molecule has 4 rings (SSSR count). The topological polar surface area (TPSA) is 72.1 Å². The summed E-state index contributed by atoms with van der Waals surface area (Å²) in [5.74, 6) is 1.10. The van der Waals surface area contributed by atoms with E-state index >= 15 is 0 Å². The molecule has 1 fully saturated rings. The first-order valence-electron chi connectivity index (χ1n) is 9.09. The molecule has 1 saturated heterocycles. The highest BCUT2D eigenvalue weighted by molar-refractivity contribution is 6.30. The van der Waals surface area contributed by atoms with E-state index in [2.05, 4.69) is 15.7 Å². The molecule has 3 heterocycles. The van der Waals surface area contributed by atoms with Crippen molar-refractivity contribution in [3.8, 4) is 17.1 Å². The summed E-state index contributed by atoms with van der Waals surface area (Å²) < 4.78 is 7.22. The normalized spacial score (nSPS) is 16.6. The van der Waals surface area contributed by atoms with E-state index < -0.39 is 0 Å². The number of rotatable bonds is 6. The van der Waals surface area contributed by atoms with Crippen LogP contribution < -0.4 is 10.6 Å². The molecule has 1 atom stereocenters. The van der Waals surface area contributed by atoms with Gasteiger partial charge in [-0.25, -0.2) is 4.68 Å². The van der Waals surface area contributed by atoms with Gasteiger partial charge in [0.05, 0.1) is 12.0 Å². The van der Waals surface area contributed by atoms with Crippen molar-refractivity contribution in [3.05, 3.63) is 59.4 Å². The van der Waals surface area contributed by atoms with Crippen LogP contribution in [-0.4, -0.2) is 35.3 Å². The fourth-order valence-electron chi connectivity index (χ4n) is 3.31. The van der Waals surface area contributed by atoms with Crippen LogP contribution in [0, 0.1) is 5.92 Å². The molecular formula is C20H21ClN4O2. The van der Waals surface area contributed by atoms with Crippen LogP contribution in [-0.2, 0) is 0 Å². The summed E-state index contributed by atoms with van der Waals surface area (Å²) in [5.41, 5.74) is 1.88. The van der Waals surface area contributed by atoms with Gasteiger partial charge in [-0.05, 0) is 68.2 Å². The minimum absolute atomic E-state index is 0.179. The predicted octanol–water partition coefficient (Wildman–Crippen LogP) is 3.52. The molecule has 2 N–H and O–H groups in total. The molecule has 27 heavy (non-hydrogen) atoms. The number of nitrogens with zero attached hydrogens (tertiary/aromatic N) is 2. The van der Waals surface area contributed by atoms with Gasteiger partial charge in [0, 0.05) is 17.6 Å². The quantitative estimate of drug-likeness (QED) is 0.682. The summed E-state index contributed by atoms with van der Waals surface area (Å²) in [5, 5.41) is 11.5. The van der Waals surface area contributed by atoms with Gasteiger partial charge >= 0.3 is 0 Å². The lowest BCUT2D eigenvalue weighted by atomic mass is 10.1. The maximum atomic E-state index is 12.6. The van der Waals surface area contributed by atoms with Crippen molar-refractivity contribution >= 4 is 17.5 Å². The second-order valence-electron chi connectivity index (χ2n) is 6.68. The Morgan fingerprint density at radius 1 is 1.33 bits per heavy atom. The van der Waals surface area contributed by atoms with Gasteiger partial charge in [-0.2, -0.15) is 5.10 Å². The van der Waals surface area contributed by atoms with Gasteiger partial charge in [-0.15, -0.1) is 0 Å². The fraction of sp³-hybridized carbons (Fsp3) is 0.300. The van der Waals surface area contributed by atoms with Gasteiger partial charge in [-0.1, -0.05) is 11.6 Å². The Morgan fingerprint density at radius 2 is 2.19 bits per heavy atom. The van der Waals surface area contributed by atoms with E-state index in [0.717, 1.165) is 25.2 Å². The number of carbonyl (C=O) groups excluding carboxylic acids is 1. The molecule has 2 aromatic heterocycles. The molecule has 1 aliphatic heterocycles. The van der Waals surface area contributed by atoms with Crippen molar-refractivity contribution < 1.29 is 9.21 Å². The SMILES string of the molecule is O=C(NCCC1CCNC1)c1cc(-c2ccco2)n(-c2ccc(Cl)cc2)n1. The van der Waals surface area contributed by atoms with Gasteiger partial charge in [-0.3, -0.25) is 4.79 Å². The van der Waals surface area contributed by atoms with E-state index in [9.17, 15) is 4.79 Å². The second-order valence-corrected chi connectivity index (χ2v) is 7.12. The highest BCUT2D eigenvalue weighted by Crippen LogP contribution is 2.25. The highest BCUT2D eigenvalue weighted by Gasteiger charge is 2.19. The van der Waals surface area contributed by atoms with Crippen LogP contribution in [0.1, 0.15) is 23.3 Å². The monoisotopic (exact) mass is 384 g/mol. The number of benzene rings is 1. The van der Waals surface area contributed by atoms with Crippen molar-refractivity contribution in [2.75, 3.05) is 19.6 Å². The number of hydrogen-bond donors (Lipinski definition) is 2. The van der Waals surface area contributed by atoms with Crippen LogP contribution in [0.4, 0.5) is 0 Å². The Labute approximate surface area is 162 Å². The average Bonchev–Trinajstić information content (AvgIpc) is 3.43. The van der Waals surface area contributed by atoms with Crippen LogP contribution in [0.15, 0.2) is 53.1 Å². The van der Waals surface area contributed by atoms with Crippen LogP contribution in [0.5, 0.6) is 0 Å². The maximum absolute atomic E-state index is 12.6. The molecular weight excluding hydrogens is 364 g/mol. The fourth-order valence-corrected chi connectivity index (χ4v) is 3.44. The van der Waals surface area contributed by atoms with Crippen molar-refractivity contribution in [3.63, 3.8) is 0 Å². The third-order valence-electron chi connectivity index (χ3n) is 4.79. The molecule has 1 aliphatic rings. The Kier molecular flexibility index (Phi) is 5.27. The van der Waals surface area contributed by atoms with Crippen molar-refractivity contribution in [1.82, 2.24) is 20.4 Å². The molecule has 140 valence electrons. The van der Waals surface area contributed by atoms with Crippen LogP contribution in [0.2, 0.25) is 5.02 Å². The van der Waals surface area contributed by atoms with E-state index in [4.69, 9.17) is 16.0 Å². The summed E-state index contributed by atoms with van der Waals surface area (Å²) in [7, 11) is 0. The Bertz CT molecular complexity index is 897. The van der Waals surface area contributed by atoms with Gasteiger partial charge in [0.25, 0.3) is 5.91 Å². The molecule has 0 saturated carbocycles. The first kappa shape index (κ1) is 17.8. The van der Waals surface area contributed by atoms with Crippen molar-refractivity contribution in [2.24, 2.45) is 5.92 Å². The minimum atomic E-state index is -0.179. The van der Waals surface area contributed by atoms with Crippen LogP contribution >= 0.6 is 11.6 Å². The number of nitrogens with one attached hydrogen (secondary N) is 2. The van der Waals surface area contributed by atoms with E-state index in [1.54, 1.807) is 29.1 Å². The molecule has 7 heteroatoms.